The van der Waals surface area contributed by atoms with Crippen LogP contribution in [-0.2, 0) is 6.54 Å². The Bertz CT molecular complexity index is 828. The smallest absolute Gasteiger partial charge is 0.297 e. The molecular weight excluding hydrogens is 378 g/mol. The highest BCUT2D eigenvalue weighted by Gasteiger charge is 2.20. The molecule has 0 aliphatic carbocycles. The lowest BCUT2D eigenvalue weighted by atomic mass is 10.1. The van der Waals surface area contributed by atoms with Gasteiger partial charge >= 0.3 is 0 Å². The summed E-state index contributed by atoms with van der Waals surface area (Å²) in [5, 5.41) is 0.913. The van der Waals surface area contributed by atoms with E-state index in [9.17, 15) is 4.79 Å². The minimum Gasteiger partial charge on any atom is -0.494 e. The molecule has 0 amide bonds. The van der Waals surface area contributed by atoms with Crippen LogP contribution in [0.5, 0.6) is 17.2 Å². The number of hydrogen-bond donors (Lipinski definition) is 0. The summed E-state index contributed by atoms with van der Waals surface area (Å²) in [7, 11) is 0. The maximum absolute atomic E-state index is 13.4. The molecule has 0 aliphatic rings. The molecule has 0 atom stereocenters. The van der Waals surface area contributed by atoms with Crippen LogP contribution in [0.3, 0.4) is 0 Å². The Balaban J connectivity index is 2.57. The van der Waals surface area contributed by atoms with Crippen molar-refractivity contribution in [2.45, 2.75) is 85.6 Å². The minimum absolute atomic E-state index is 0.107. The van der Waals surface area contributed by atoms with Crippen LogP contribution in [0.1, 0.15) is 79.1 Å². The van der Waals surface area contributed by atoms with Crippen LogP contribution in [0, 0.1) is 0 Å². The van der Waals surface area contributed by atoms with Crippen LogP contribution in [0.2, 0.25) is 0 Å². The highest BCUT2D eigenvalue weighted by molar-refractivity contribution is 5.89. The lowest BCUT2D eigenvalue weighted by Crippen LogP contribution is -2.24. The third-order valence-electron chi connectivity index (χ3n) is 5.14. The molecular formula is C25H39NO4. The number of aromatic nitrogens is 1. The van der Waals surface area contributed by atoms with E-state index in [1.165, 1.54) is 0 Å². The summed E-state index contributed by atoms with van der Waals surface area (Å²) in [6.45, 7) is 10.9. The second-order valence-corrected chi connectivity index (χ2v) is 7.75. The van der Waals surface area contributed by atoms with Gasteiger partial charge in [-0.1, -0.05) is 53.4 Å². The van der Waals surface area contributed by atoms with Gasteiger partial charge in [0.2, 0.25) is 5.75 Å². The number of pyridine rings is 1. The van der Waals surface area contributed by atoms with Crippen LogP contribution in [0.4, 0.5) is 0 Å². The monoisotopic (exact) mass is 417 g/mol. The molecule has 5 nitrogen and oxygen atoms in total. The molecule has 0 N–H and O–H groups in total. The molecule has 0 spiro atoms. The van der Waals surface area contributed by atoms with Crippen molar-refractivity contribution in [3.8, 4) is 17.2 Å². The number of rotatable bonds is 15. The first-order valence-electron chi connectivity index (χ1n) is 11.8. The molecule has 168 valence electrons. The maximum atomic E-state index is 13.4. The van der Waals surface area contributed by atoms with E-state index >= 15 is 0 Å². The van der Waals surface area contributed by atoms with Gasteiger partial charge in [-0.25, -0.2) is 0 Å². The van der Waals surface area contributed by atoms with Crippen LogP contribution in [0.25, 0.3) is 10.9 Å². The third kappa shape index (κ3) is 6.41. The molecule has 30 heavy (non-hydrogen) atoms. The van der Waals surface area contributed by atoms with Gasteiger partial charge in [-0.2, -0.15) is 0 Å². The highest BCUT2D eigenvalue weighted by atomic mass is 16.5. The predicted octanol–water partition coefficient (Wildman–Crippen LogP) is 6.34. The topological polar surface area (TPSA) is 49.7 Å². The van der Waals surface area contributed by atoms with Crippen LogP contribution < -0.4 is 19.8 Å². The summed E-state index contributed by atoms with van der Waals surface area (Å²) in [4.78, 5) is 13.4. The van der Waals surface area contributed by atoms with Crippen molar-refractivity contribution >= 4 is 10.9 Å². The van der Waals surface area contributed by atoms with Crippen molar-refractivity contribution in [2.24, 2.45) is 0 Å². The van der Waals surface area contributed by atoms with E-state index in [4.69, 9.17) is 14.2 Å². The number of nitrogens with zero attached hydrogens (tertiary/aromatic N) is 1. The number of aryl methyl sites for hydroxylation is 1. The van der Waals surface area contributed by atoms with Crippen molar-refractivity contribution in [3.63, 3.8) is 0 Å². The summed E-state index contributed by atoms with van der Waals surface area (Å²) >= 11 is 0. The van der Waals surface area contributed by atoms with Crippen molar-refractivity contribution in [3.05, 3.63) is 28.6 Å². The van der Waals surface area contributed by atoms with Gasteiger partial charge in [0, 0.05) is 18.0 Å². The quantitative estimate of drug-likeness (QED) is 0.317. The second-order valence-electron chi connectivity index (χ2n) is 7.75. The maximum Gasteiger partial charge on any atom is 0.297 e. The largest absolute Gasteiger partial charge is 0.494 e. The zero-order valence-corrected chi connectivity index (χ0v) is 19.3. The van der Waals surface area contributed by atoms with Gasteiger partial charge in [-0.15, -0.1) is 0 Å². The normalized spacial score (nSPS) is 11.1. The molecule has 0 saturated heterocycles. The SMILES string of the molecule is CCCCOc1ccc2c(OCCCC)c(OCCCC)c(=O)n(CCCC)c2c1. The first-order valence-corrected chi connectivity index (χ1v) is 11.8. The van der Waals surface area contributed by atoms with E-state index in [0.29, 0.717) is 37.9 Å². The van der Waals surface area contributed by atoms with E-state index in [1.54, 1.807) is 0 Å². The van der Waals surface area contributed by atoms with Gasteiger partial charge in [0.05, 0.1) is 25.3 Å². The Morgan fingerprint density at radius 2 is 1.30 bits per heavy atom. The fourth-order valence-electron chi connectivity index (χ4n) is 3.25. The first kappa shape index (κ1) is 24.1. The van der Waals surface area contributed by atoms with Crippen LogP contribution >= 0.6 is 0 Å². The van der Waals surface area contributed by atoms with Crippen LogP contribution in [0.15, 0.2) is 23.0 Å². The summed E-state index contributed by atoms with van der Waals surface area (Å²) in [5.74, 6) is 1.72. The van der Waals surface area contributed by atoms with Crippen molar-refractivity contribution in [1.29, 1.82) is 0 Å². The predicted molar refractivity (Wildman–Crippen MR) is 124 cm³/mol. The summed E-state index contributed by atoms with van der Waals surface area (Å²) < 4.78 is 19.9. The van der Waals surface area contributed by atoms with Gasteiger partial charge in [0.25, 0.3) is 5.56 Å². The zero-order valence-electron chi connectivity index (χ0n) is 19.3. The Labute approximate surface area is 181 Å². The lowest BCUT2D eigenvalue weighted by molar-refractivity contribution is 0.259. The molecule has 2 aromatic rings. The molecule has 1 aromatic heterocycles. The molecule has 0 aliphatic heterocycles. The van der Waals surface area contributed by atoms with Gasteiger partial charge in [0.1, 0.15) is 5.75 Å². The van der Waals surface area contributed by atoms with Crippen LogP contribution in [-0.4, -0.2) is 24.4 Å². The second kappa shape index (κ2) is 13.2. The van der Waals surface area contributed by atoms with E-state index in [2.05, 4.69) is 27.7 Å². The number of ether oxygens (including phenoxy) is 3. The average molecular weight is 418 g/mol. The third-order valence-corrected chi connectivity index (χ3v) is 5.14. The van der Waals surface area contributed by atoms with E-state index in [1.807, 2.05) is 22.8 Å². The van der Waals surface area contributed by atoms with Gasteiger partial charge in [-0.3, -0.25) is 4.79 Å². The minimum atomic E-state index is -0.107. The molecule has 0 fully saturated rings. The van der Waals surface area contributed by atoms with Crippen molar-refractivity contribution in [2.75, 3.05) is 19.8 Å². The fourth-order valence-corrected chi connectivity index (χ4v) is 3.25. The Morgan fingerprint density at radius 3 is 1.90 bits per heavy atom. The fraction of sp³-hybridized carbons (Fsp3) is 0.640. The Kier molecular flexibility index (Phi) is 10.6. The summed E-state index contributed by atoms with van der Waals surface area (Å²) in [5.41, 5.74) is 0.751. The molecule has 0 unspecified atom stereocenters. The van der Waals surface area contributed by atoms with Gasteiger partial charge < -0.3 is 18.8 Å². The number of fused-ring (bicyclic) bond motifs is 1. The van der Waals surface area contributed by atoms with Crippen molar-refractivity contribution < 1.29 is 14.2 Å². The molecule has 0 bridgehead atoms. The van der Waals surface area contributed by atoms with E-state index in [0.717, 1.165) is 68.0 Å². The van der Waals surface area contributed by atoms with Gasteiger partial charge in [0.15, 0.2) is 5.75 Å². The Hall–Kier alpha value is -2.17. The molecule has 1 aromatic carbocycles. The first-order chi connectivity index (χ1) is 14.7. The summed E-state index contributed by atoms with van der Waals surface area (Å²) in [6, 6.07) is 5.95. The Morgan fingerprint density at radius 1 is 0.733 bits per heavy atom. The molecule has 1 heterocycles. The molecule has 2 rings (SSSR count). The standard InChI is InChI=1S/C25H39NO4/c1-5-9-15-26-22-19-20(28-16-10-6-2)13-14-21(22)23(29-17-11-7-3)24(25(26)27)30-18-12-8-4/h13-14,19H,5-12,15-18H2,1-4H3. The molecule has 5 heteroatoms. The number of hydrogen-bond acceptors (Lipinski definition) is 4. The van der Waals surface area contributed by atoms with Crippen molar-refractivity contribution in [1.82, 2.24) is 4.57 Å². The average Bonchev–Trinajstić information content (AvgIpc) is 2.75. The van der Waals surface area contributed by atoms with E-state index < -0.39 is 0 Å². The van der Waals surface area contributed by atoms with Gasteiger partial charge in [-0.05, 0) is 37.8 Å². The lowest BCUT2D eigenvalue weighted by Gasteiger charge is -2.19. The van der Waals surface area contributed by atoms with E-state index in [-0.39, 0.29) is 5.56 Å². The number of benzene rings is 1. The molecule has 0 radical (unpaired) electrons. The zero-order chi connectivity index (χ0) is 21.8. The summed E-state index contributed by atoms with van der Waals surface area (Å²) in [6.07, 6.45) is 7.94. The molecule has 0 saturated carbocycles. The number of unbranched alkanes of at least 4 members (excludes halogenated alkanes) is 4. The highest BCUT2D eigenvalue weighted by Crippen LogP contribution is 2.35.